The molecule has 3 aromatic rings. The topological polar surface area (TPSA) is 178 Å². The van der Waals surface area contributed by atoms with Crippen molar-refractivity contribution in [2.45, 2.75) is 97.0 Å². The van der Waals surface area contributed by atoms with Gasteiger partial charge < -0.3 is 30.5 Å². The summed E-state index contributed by atoms with van der Waals surface area (Å²) in [6.45, 7) is 13.3. The maximum atomic E-state index is 15.7. The standard InChI is InChI=1S/C41H56FN5O8S/c1-28(2)25-47(56(53,54)32-19-17-30(18-20-32)24-43-52)27-35(49)34(23-29-13-10-9-11-14-29)44-38(50)37(40(3,4)5)45-36-31(15-12-16-33(36)42)26-46(21-22-48)39(51)55-41(6,7)8/h9-20,22,24,28,34-35,37,45,49,52H,21,23,25-27H2,1-8H3,(H,44,50)/b43-24+/t34-,35+,37+/m0/s1. The van der Waals surface area contributed by atoms with Crippen LogP contribution in [-0.4, -0.2) is 95.9 Å². The van der Waals surface area contributed by atoms with E-state index in [1.807, 2.05) is 44.2 Å². The molecule has 0 saturated heterocycles. The average molecular weight is 798 g/mol. The molecule has 15 heteroatoms. The second kappa shape index (κ2) is 19.8. The van der Waals surface area contributed by atoms with Gasteiger partial charge in [0, 0.05) is 13.1 Å². The zero-order valence-corrected chi connectivity index (χ0v) is 34.2. The van der Waals surface area contributed by atoms with Gasteiger partial charge >= 0.3 is 6.09 Å². The summed E-state index contributed by atoms with van der Waals surface area (Å²) in [6.07, 6.45) is -0.329. The predicted molar refractivity (Wildman–Crippen MR) is 213 cm³/mol. The van der Waals surface area contributed by atoms with Crippen molar-refractivity contribution >= 4 is 40.2 Å². The number of carbonyl (C=O) groups is 3. The van der Waals surface area contributed by atoms with Gasteiger partial charge in [0.15, 0.2) is 0 Å². The highest BCUT2D eigenvalue weighted by Crippen LogP contribution is 2.29. The highest BCUT2D eigenvalue weighted by atomic mass is 32.2. The van der Waals surface area contributed by atoms with Crippen molar-refractivity contribution in [3.63, 3.8) is 0 Å². The Balaban J connectivity index is 1.99. The molecule has 0 unspecified atom stereocenters. The minimum atomic E-state index is -4.14. The molecule has 0 aliphatic carbocycles. The number of benzene rings is 3. The third-order valence-corrected chi connectivity index (χ3v) is 10.4. The summed E-state index contributed by atoms with van der Waals surface area (Å²) >= 11 is 0. The van der Waals surface area contributed by atoms with E-state index in [4.69, 9.17) is 9.94 Å². The van der Waals surface area contributed by atoms with E-state index in [1.165, 1.54) is 46.9 Å². The second-order valence-electron chi connectivity index (χ2n) is 16.1. The summed E-state index contributed by atoms with van der Waals surface area (Å²) in [6, 6.07) is 17.0. The van der Waals surface area contributed by atoms with Crippen LogP contribution in [-0.2, 0) is 37.3 Å². The number of rotatable bonds is 18. The van der Waals surface area contributed by atoms with Crippen molar-refractivity contribution in [3.05, 3.63) is 95.3 Å². The number of hydrogen-bond acceptors (Lipinski definition) is 10. The Morgan fingerprint density at radius 1 is 0.946 bits per heavy atom. The molecule has 3 atom stereocenters. The van der Waals surface area contributed by atoms with Crippen molar-refractivity contribution < 1.29 is 42.2 Å². The number of amides is 2. The number of anilines is 1. The fourth-order valence-electron chi connectivity index (χ4n) is 5.88. The van der Waals surface area contributed by atoms with E-state index in [1.54, 1.807) is 47.6 Å². The van der Waals surface area contributed by atoms with Crippen LogP contribution < -0.4 is 10.6 Å². The number of nitrogens with one attached hydrogen (secondary N) is 2. The molecule has 0 radical (unpaired) electrons. The molecule has 3 rings (SSSR count). The Kier molecular flexibility index (Phi) is 16.1. The van der Waals surface area contributed by atoms with E-state index in [9.17, 15) is 27.9 Å². The van der Waals surface area contributed by atoms with Crippen LogP contribution in [0.1, 0.15) is 72.1 Å². The molecule has 0 saturated carbocycles. The fraction of sp³-hybridized carbons (Fsp3) is 0.463. The lowest BCUT2D eigenvalue weighted by molar-refractivity contribution is -0.125. The van der Waals surface area contributed by atoms with Gasteiger partial charge in [0.05, 0.1) is 42.0 Å². The highest BCUT2D eigenvalue weighted by Gasteiger charge is 2.37. The summed E-state index contributed by atoms with van der Waals surface area (Å²) in [5, 5.41) is 29.7. The Hall–Kier alpha value is -4.86. The van der Waals surface area contributed by atoms with E-state index in [-0.39, 0.29) is 54.7 Å². The average Bonchev–Trinajstić information content (AvgIpc) is 3.10. The van der Waals surface area contributed by atoms with Crippen LogP contribution in [0.5, 0.6) is 0 Å². The van der Waals surface area contributed by atoms with Gasteiger partial charge in [0.2, 0.25) is 15.9 Å². The first-order valence-electron chi connectivity index (χ1n) is 18.4. The van der Waals surface area contributed by atoms with Crippen molar-refractivity contribution in [1.82, 2.24) is 14.5 Å². The molecule has 0 spiro atoms. The van der Waals surface area contributed by atoms with Gasteiger partial charge in [-0.1, -0.05) is 94.4 Å². The summed E-state index contributed by atoms with van der Waals surface area (Å²) < 4.78 is 50.3. The lowest BCUT2D eigenvalue weighted by atomic mass is 9.85. The smallest absolute Gasteiger partial charge is 0.410 e. The number of aldehydes is 1. The molecule has 0 aromatic heterocycles. The van der Waals surface area contributed by atoms with Crippen LogP contribution in [0.15, 0.2) is 82.8 Å². The lowest BCUT2D eigenvalue weighted by Gasteiger charge is -2.35. The molecule has 0 fully saturated rings. The fourth-order valence-corrected chi connectivity index (χ4v) is 7.50. The molecule has 0 heterocycles. The van der Waals surface area contributed by atoms with E-state index >= 15 is 4.39 Å². The minimum Gasteiger partial charge on any atom is -0.444 e. The number of aliphatic hydroxyl groups excluding tert-OH is 1. The maximum absolute atomic E-state index is 15.7. The molecule has 0 aliphatic rings. The number of halogens is 1. The van der Waals surface area contributed by atoms with Gasteiger partial charge in [-0.2, -0.15) is 4.31 Å². The van der Waals surface area contributed by atoms with E-state index < -0.39 is 57.0 Å². The zero-order valence-electron chi connectivity index (χ0n) is 33.4. The SMILES string of the molecule is CC(C)CN(C[C@@H](O)[C@H](Cc1ccccc1)NC(=O)[C@@H](Nc1c(F)cccc1CN(CC=O)C(=O)OC(C)(C)C)C(C)(C)C)S(=O)(=O)c1ccc(/C=N/O)cc1. The Morgan fingerprint density at radius 3 is 2.14 bits per heavy atom. The third-order valence-electron chi connectivity index (χ3n) is 8.60. The highest BCUT2D eigenvalue weighted by molar-refractivity contribution is 7.89. The largest absolute Gasteiger partial charge is 0.444 e. The molecular weight excluding hydrogens is 742 g/mol. The third kappa shape index (κ3) is 13.4. The summed E-state index contributed by atoms with van der Waals surface area (Å²) in [5.41, 5.74) is -0.224. The van der Waals surface area contributed by atoms with Crippen molar-refractivity contribution in [2.24, 2.45) is 16.5 Å². The van der Waals surface area contributed by atoms with Crippen LogP contribution in [0.4, 0.5) is 14.9 Å². The van der Waals surface area contributed by atoms with E-state index in [0.29, 0.717) is 11.8 Å². The molecule has 13 nitrogen and oxygen atoms in total. The number of aliphatic hydroxyl groups is 1. The van der Waals surface area contributed by atoms with E-state index in [2.05, 4.69) is 15.8 Å². The Labute approximate surface area is 330 Å². The molecule has 4 N–H and O–H groups in total. The van der Waals surface area contributed by atoms with Gasteiger partial charge in [-0.05, 0) is 73.4 Å². The van der Waals surface area contributed by atoms with Gasteiger partial charge in [0.1, 0.15) is 23.7 Å². The van der Waals surface area contributed by atoms with Crippen LogP contribution in [0, 0.1) is 17.2 Å². The Morgan fingerprint density at radius 2 is 1.59 bits per heavy atom. The van der Waals surface area contributed by atoms with Crippen molar-refractivity contribution in [3.8, 4) is 0 Å². The number of carbonyl (C=O) groups excluding carboxylic acids is 3. The first kappa shape index (κ1) is 45.5. The van der Waals surface area contributed by atoms with Crippen LogP contribution in [0.25, 0.3) is 0 Å². The number of hydrogen-bond donors (Lipinski definition) is 4. The van der Waals surface area contributed by atoms with Crippen molar-refractivity contribution in [1.29, 1.82) is 0 Å². The monoisotopic (exact) mass is 797 g/mol. The lowest BCUT2D eigenvalue weighted by Crippen LogP contribution is -2.56. The zero-order chi connectivity index (χ0) is 41.8. The molecule has 306 valence electrons. The van der Waals surface area contributed by atoms with Crippen LogP contribution in [0.2, 0.25) is 0 Å². The Bertz CT molecular complexity index is 1900. The number of ether oxygens (including phenoxy) is 1. The van der Waals surface area contributed by atoms with Gasteiger partial charge in [-0.3, -0.25) is 9.69 Å². The van der Waals surface area contributed by atoms with Crippen LogP contribution >= 0.6 is 0 Å². The quantitative estimate of drug-likeness (QED) is 0.0534. The maximum Gasteiger partial charge on any atom is 0.410 e. The predicted octanol–water partition coefficient (Wildman–Crippen LogP) is 5.83. The number of sulfonamides is 1. The normalized spacial score (nSPS) is 14.0. The molecule has 56 heavy (non-hydrogen) atoms. The van der Waals surface area contributed by atoms with Gasteiger partial charge in [-0.25, -0.2) is 17.6 Å². The van der Waals surface area contributed by atoms with E-state index in [0.717, 1.165) is 10.5 Å². The van der Waals surface area contributed by atoms with Gasteiger partial charge in [0.25, 0.3) is 0 Å². The number of oxime groups is 1. The minimum absolute atomic E-state index is 0.0276. The first-order chi connectivity index (χ1) is 26.2. The van der Waals surface area contributed by atoms with Crippen molar-refractivity contribution in [2.75, 3.05) is 25.0 Å². The molecule has 2 amide bonds. The van der Waals surface area contributed by atoms with Crippen LogP contribution in [0.3, 0.4) is 0 Å². The molecule has 0 bridgehead atoms. The summed E-state index contributed by atoms with van der Waals surface area (Å²) in [4.78, 5) is 40.0. The molecule has 0 aliphatic heterocycles. The first-order valence-corrected chi connectivity index (χ1v) is 19.9. The number of nitrogens with zero attached hydrogens (tertiary/aromatic N) is 3. The molecule has 3 aromatic carbocycles. The number of para-hydroxylation sites is 1. The van der Waals surface area contributed by atoms with Gasteiger partial charge in [-0.15, -0.1) is 0 Å². The second-order valence-corrected chi connectivity index (χ2v) is 18.1. The summed E-state index contributed by atoms with van der Waals surface area (Å²) in [5.74, 6) is -1.42. The summed E-state index contributed by atoms with van der Waals surface area (Å²) in [7, 11) is -4.14. The molecular formula is C41H56FN5O8S.